The van der Waals surface area contributed by atoms with Crippen LogP contribution in [-0.2, 0) is 39.2 Å². The molecule has 640 valence electrons. The Morgan fingerprint density at radius 3 is 1.13 bits per heavy atom. The SMILES string of the molecule is Cc1ccccc1N(CCOCCSc1ccccc1)c1ccc2c(-c3ccccc3S(=O)(=O)[O-])c3ccc(=[N+](CCOCCSc4ccccc4)c4ccccc4C)cc-3oc2c1.O=S(=O)([O-])c1ccccc1-c1c2ccc(=[N+](CCOCCSc3ccccc3)c3ccccc3)cc-2oc2cc(N(CCOCCSc3ccccc3)c3ccccc3)ccc12. The van der Waals surface area contributed by atoms with Gasteiger partial charge in [0.1, 0.15) is 56.1 Å². The summed E-state index contributed by atoms with van der Waals surface area (Å²) in [6.45, 7) is 10.9. The van der Waals surface area contributed by atoms with Crippen molar-refractivity contribution in [2.75, 3.05) is 112 Å². The summed E-state index contributed by atoms with van der Waals surface area (Å²) in [5.41, 5.74) is 12.3. The predicted molar refractivity (Wildman–Crippen MR) is 513 cm³/mol. The second-order valence-corrected chi connectivity index (χ2v) is 36.9. The number of ether oxygens (including phenoxy) is 4. The average molecular weight is 1790 g/mol. The molecule has 0 spiro atoms. The van der Waals surface area contributed by atoms with Gasteiger partial charge in [-0.1, -0.05) is 182 Å². The second-order valence-electron chi connectivity index (χ2n) is 29.5. The van der Waals surface area contributed by atoms with Crippen molar-refractivity contribution in [3.8, 4) is 44.9 Å². The van der Waals surface area contributed by atoms with Gasteiger partial charge >= 0.3 is 0 Å². The highest BCUT2D eigenvalue weighted by Gasteiger charge is 2.28. The van der Waals surface area contributed by atoms with Gasteiger partial charge in [0.2, 0.25) is 22.1 Å². The summed E-state index contributed by atoms with van der Waals surface area (Å²) >= 11 is 7.07. The Morgan fingerprint density at radius 2 is 0.690 bits per heavy atom. The Bertz CT molecular complexity index is 6620. The lowest BCUT2D eigenvalue weighted by atomic mass is 9.93. The van der Waals surface area contributed by atoms with E-state index in [-0.39, 0.29) is 9.79 Å². The van der Waals surface area contributed by atoms with Crippen LogP contribution in [0.1, 0.15) is 11.1 Å². The van der Waals surface area contributed by atoms with Crippen molar-refractivity contribution < 1.29 is 53.7 Å². The summed E-state index contributed by atoms with van der Waals surface area (Å²) in [6.07, 6.45) is 0. The number of anilines is 4. The van der Waals surface area contributed by atoms with E-state index in [1.54, 1.807) is 83.4 Å². The first-order chi connectivity index (χ1) is 61.7. The molecule has 0 fully saturated rings. The minimum Gasteiger partial charge on any atom is -0.744 e. The first-order valence-electron chi connectivity index (χ1n) is 41.8. The molecule has 16 rings (SSSR count). The molecule has 0 N–H and O–H groups in total. The van der Waals surface area contributed by atoms with Crippen LogP contribution in [-0.4, -0.2) is 128 Å². The lowest BCUT2D eigenvalue weighted by Gasteiger charge is -2.27. The first-order valence-corrected chi connectivity index (χ1v) is 48.5. The van der Waals surface area contributed by atoms with Crippen LogP contribution >= 0.6 is 47.0 Å². The number of nitrogens with zero attached hydrogens (tertiary/aromatic N) is 4. The number of hydrogen-bond donors (Lipinski definition) is 0. The summed E-state index contributed by atoms with van der Waals surface area (Å²) in [5, 5.41) is 3.10. The van der Waals surface area contributed by atoms with Crippen LogP contribution in [0.15, 0.2) is 390 Å². The highest BCUT2D eigenvalue weighted by Crippen LogP contribution is 2.46. The number of rotatable bonds is 38. The minimum absolute atomic E-state index is 0.287. The Morgan fingerprint density at radius 1 is 0.325 bits per heavy atom. The molecule has 0 atom stereocenters. The highest BCUT2D eigenvalue weighted by molar-refractivity contribution is 8.00. The maximum absolute atomic E-state index is 12.8. The summed E-state index contributed by atoms with van der Waals surface area (Å²) in [4.78, 5) is 8.68. The molecule has 0 amide bonds. The van der Waals surface area contributed by atoms with Gasteiger partial charge in [-0.3, -0.25) is 0 Å². The zero-order valence-corrected chi connectivity index (χ0v) is 74.8. The quantitative estimate of drug-likeness (QED) is 0.0117. The zero-order valence-electron chi connectivity index (χ0n) is 69.9. The Balaban J connectivity index is 0.000000195. The molecule has 2 aliphatic carbocycles. The zero-order chi connectivity index (χ0) is 86.9. The lowest BCUT2D eigenvalue weighted by molar-refractivity contribution is 0.151. The Hall–Kier alpha value is -11.3. The highest BCUT2D eigenvalue weighted by atomic mass is 32.2. The van der Waals surface area contributed by atoms with Crippen LogP contribution in [0.5, 0.6) is 0 Å². The van der Waals surface area contributed by atoms with Crippen LogP contribution < -0.4 is 29.7 Å². The van der Waals surface area contributed by atoms with Crippen molar-refractivity contribution in [1.82, 2.24) is 9.15 Å². The van der Waals surface area contributed by atoms with E-state index in [0.717, 1.165) is 79.0 Å². The lowest BCUT2D eigenvalue weighted by Crippen LogP contribution is -2.29. The predicted octanol–water partition coefficient (Wildman–Crippen LogP) is 22.6. The summed E-state index contributed by atoms with van der Waals surface area (Å²) in [7, 11) is -9.67. The van der Waals surface area contributed by atoms with Gasteiger partial charge in [0.05, 0.1) is 61.6 Å². The van der Waals surface area contributed by atoms with Gasteiger partial charge in [-0.05, 0) is 135 Å². The maximum atomic E-state index is 12.8. The molecule has 126 heavy (non-hydrogen) atoms. The van der Waals surface area contributed by atoms with Gasteiger partial charge < -0.3 is 46.7 Å². The molecule has 0 unspecified atom stereocenters. The molecule has 12 aromatic carbocycles. The number of benzene rings is 14. The Kier molecular flexibility index (Phi) is 31.4. The molecule has 12 aromatic rings. The molecular formula is C104H96N4O12S6. The van der Waals surface area contributed by atoms with Crippen LogP contribution in [0, 0.1) is 13.8 Å². The average Bonchev–Trinajstić information content (AvgIpc) is 0.742. The van der Waals surface area contributed by atoms with Gasteiger partial charge in [-0.25, -0.2) is 16.8 Å². The third-order valence-corrected chi connectivity index (χ3v) is 26.9. The molecule has 2 aliphatic heterocycles. The van der Waals surface area contributed by atoms with Crippen molar-refractivity contribution >= 4 is 123 Å². The number of para-hydroxylation sites is 4. The molecule has 2 heterocycles. The van der Waals surface area contributed by atoms with Gasteiger partial charge in [-0.15, -0.1) is 47.0 Å². The fourth-order valence-corrected chi connectivity index (χ4v) is 19.8. The maximum Gasteiger partial charge on any atom is 0.209 e. The number of fused-ring (bicyclic) bond motifs is 4. The van der Waals surface area contributed by atoms with Crippen molar-refractivity contribution in [3.05, 3.63) is 374 Å². The summed E-state index contributed by atoms with van der Waals surface area (Å²) < 4.78 is 120. The number of hydrogen-bond acceptors (Lipinski definition) is 18. The van der Waals surface area contributed by atoms with Crippen molar-refractivity contribution in [1.29, 1.82) is 0 Å². The van der Waals surface area contributed by atoms with E-state index in [0.29, 0.717) is 146 Å². The largest absolute Gasteiger partial charge is 0.744 e. The molecule has 0 aromatic heterocycles. The van der Waals surface area contributed by atoms with Crippen molar-refractivity contribution in [2.45, 2.75) is 43.2 Å². The molecule has 0 saturated heterocycles. The first kappa shape index (κ1) is 89.5. The fraction of sp³-hybridized carbons (Fsp3) is 0.173. The molecule has 0 bridgehead atoms. The summed E-state index contributed by atoms with van der Waals surface area (Å²) in [5.74, 6) is 4.42. The van der Waals surface area contributed by atoms with E-state index in [9.17, 15) is 25.9 Å². The van der Waals surface area contributed by atoms with Crippen LogP contribution in [0.2, 0.25) is 0 Å². The van der Waals surface area contributed by atoms with E-state index in [4.69, 9.17) is 27.8 Å². The van der Waals surface area contributed by atoms with E-state index in [1.165, 1.54) is 31.7 Å². The van der Waals surface area contributed by atoms with Crippen molar-refractivity contribution in [2.24, 2.45) is 0 Å². The summed E-state index contributed by atoms with van der Waals surface area (Å²) in [6, 6.07) is 115. The Labute approximate surface area is 754 Å². The fourth-order valence-electron chi connectivity index (χ4n) is 15.3. The standard InChI is InChI=1S/C53H50N2O6S3.C51H46N2O6S3/c1-39-15-9-12-22-48(39)54(29-31-59-33-35-62-43-17-5-3-6-18-43)41-25-27-45-50(37-41)61-51-38-42(26-28-46(51)53(45)47-21-11-14-24-52(47)64(56,57)58)55(49-23-13-10-16-40(49)2)30-32-60-34-36-63-44-19-7-4-8-20-44;54-62(55,56)50-24-14-13-23-47(50)51-45-27-25-41(52(39-15-5-1-6-16-39)29-31-57-33-35-60-43-19-9-3-10-20-43)37-48(45)59-49-38-42(26-28-46(49)51)53(40-17-7-2-8-18-40)30-32-58-34-36-61-44-21-11-4-12-22-44/h3-28,37-38H,29-36H2,1-2H3;1-28,37-38H,29-36H2. The number of aryl methyl sites for hydroxylation is 2. The van der Waals surface area contributed by atoms with Crippen molar-refractivity contribution in [3.63, 3.8) is 0 Å². The van der Waals surface area contributed by atoms with E-state index >= 15 is 0 Å². The third kappa shape index (κ3) is 23.5. The van der Waals surface area contributed by atoms with Crippen LogP contribution in [0.4, 0.5) is 34.1 Å². The van der Waals surface area contributed by atoms with E-state index in [1.807, 2.05) is 206 Å². The normalized spacial score (nSPS) is 12.2. The molecule has 0 radical (unpaired) electrons. The number of thioether (sulfide) groups is 4. The molecule has 4 aliphatic rings. The monoisotopic (exact) mass is 1780 g/mol. The topological polar surface area (TPSA) is 190 Å². The van der Waals surface area contributed by atoms with Gasteiger partial charge in [0.25, 0.3) is 0 Å². The van der Waals surface area contributed by atoms with E-state index < -0.39 is 20.2 Å². The smallest absolute Gasteiger partial charge is 0.209 e. The van der Waals surface area contributed by atoms with Gasteiger partial charge in [0.15, 0.2) is 13.1 Å². The van der Waals surface area contributed by atoms with Gasteiger partial charge in [-0.2, -0.15) is 9.15 Å². The molecular weight excluding hydrogens is 1690 g/mol. The molecule has 22 heteroatoms. The van der Waals surface area contributed by atoms with E-state index in [2.05, 4.69) is 130 Å². The van der Waals surface area contributed by atoms with Gasteiger partial charge in [0, 0.05) is 171 Å². The molecule has 0 saturated carbocycles. The molecule has 16 nitrogen and oxygen atoms in total. The van der Waals surface area contributed by atoms with Crippen LogP contribution in [0.25, 0.3) is 66.8 Å². The van der Waals surface area contributed by atoms with Crippen LogP contribution in [0.3, 0.4) is 0 Å². The second kappa shape index (κ2) is 44.2. The third-order valence-electron chi connectivity index (χ3n) is 21.2. The minimum atomic E-state index is -4.84.